The molecule has 4 heteroatoms. The van der Waals surface area contributed by atoms with Crippen LogP contribution in [0, 0.1) is 6.92 Å². The Bertz CT molecular complexity index is 1310. The van der Waals surface area contributed by atoms with Crippen LogP contribution < -0.4 is 30.3 Å². The minimum atomic E-state index is -0.800. The van der Waals surface area contributed by atoms with E-state index in [9.17, 15) is 0 Å². The molecule has 0 radical (unpaired) electrons. The number of hydrogen-bond acceptors (Lipinski definition) is 3. The summed E-state index contributed by atoms with van der Waals surface area (Å²) < 4.78 is 12.9. The summed E-state index contributed by atoms with van der Waals surface area (Å²) in [6, 6.07) is 30.9. The number of fused-ring (bicyclic) bond motifs is 2. The topological polar surface area (TPSA) is 21.7 Å². The van der Waals surface area contributed by atoms with E-state index in [0.29, 0.717) is 6.61 Å². The summed E-state index contributed by atoms with van der Waals surface area (Å²) in [5, 5.41) is 3.99. The normalized spacial score (nSPS) is 14.7. The van der Waals surface area contributed by atoms with Crippen molar-refractivity contribution in [3.8, 4) is 22.6 Å². The Morgan fingerprint density at radius 2 is 1.40 bits per heavy atom. The SMILES string of the molecule is Cc1ccc2c(c1-c1c(P(c3ccccc3)c3ccccc3)ccc3c1OCCN3C)OCCC2. The number of ether oxygens (including phenoxy) is 2. The van der Waals surface area contributed by atoms with Crippen molar-refractivity contribution in [2.24, 2.45) is 0 Å². The van der Waals surface area contributed by atoms with Crippen LogP contribution in [-0.4, -0.2) is 26.8 Å². The van der Waals surface area contributed by atoms with E-state index in [4.69, 9.17) is 9.47 Å². The molecule has 35 heavy (non-hydrogen) atoms. The maximum Gasteiger partial charge on any atom is 0.151 e. The second kappa shape index (κ2) is 9.40. The van der Waals surface area contributed by atoms with Crippen LogP contribution in [0.3, 0.4) is 0 Å². The molecule has 3 nitrogen and oxygen atoms in total. The van der Waals surface area contributed by atoms with Crippen LogP contribution in [0.5, 0.6) is 11.5 Å². The lowest BCUT2D eigenvalue weighted by atomic mass is 9.92. The Hall–Kier alpha value is -3.29. The van der Waals surface area contributed by atoms with Crippen molar-refractivity contribution in [3.63, 3.8) is 0 Å². The van der Waals surface area contributed by atoms with Crippen LogP contribution in [-0.2, 0) is 6.42 Å². The zero-order valence-electron chi connectivity index (χ0n) is 20.3. The number of benzene rings is 4. The average Bonchev–Trinajstić information content (AvgIpc) is 2.91. The minimum absolute atomic E-state index is 0.684. The lowest BCUT2D eigenvalue weighted by Gasteiger charge is -2.33. The van der Waals surface area contributed by atoms with Crippen LogP contribution in [0.2, 0.25) is 0 Å². The van der Waals surface area contributed by atoms with E-state index in [-0.39, 0.29) is 0 Å². The van der Waals surface area contributed by atoms with Crippen molar-refractivity contribution in [3.05, 3.63) is 96.1 Å². The van der Waals surface area contributed by atoms with Gasteiger partial charge in [-0.25, -0.2) is 0 Å². The maximum absolute atomic E-state index is 6.50. The van der Waals surface area contributed by atoms with E-state index < -0.39 is 7.92 Å². The predicted octanol–water partition coefficient (Wildman–Crippen LogP) is 5.57. The fourth-order valence-corrected chi connectivity index (χ4v) is 7.71. The summed E-state index contributed by atoms with van der Waals surface area (Å²) in [6.07, 6.45) is 2.12. The molecule has 0 fully saturated rings. The quantitative estimate of drug-likeness (QED) is 0.357. The van der Waals surface area contributed by atoms with Crippen molar-refractivity contribution in [2.75, 3.05) is 31.7 Å². The second-order valence-electron chi connectivity index (χ2n) is 9.28. The highest BCUT2D eigenvalue weighted by molar-refractivity contribution is 7.80. The molecule has 2 heterocycles. The van der Waals surface area contributed by atoms with Gasteiger partial charge in [-0.2, -0.15) is 0 Å². The number of likely N-dealkylation sites (N-methyl/N-ethyl adjacent to an activating group) is 1. The van der Waals surface area contributed by atoms with E-state index in [1.165, 1.54) is 38.2 Å². The summed E-state index contributed by atoms with van der Waals surface area (Å²) >= 11 is 0. The van der Waals surface area contributed by atoms with Gasteiger partial charge in [-0.05, 0) is 60.8 Å². The first kappa shape index (κ1) is 22.2. The van der Waals surface area contributed by atoms with Crippen LogP contribution in [0.25, 0.3) is 11.1 Å². The van der Waals surface area contributed by atoms with Gasteiger partial charge in [-0.3, -0.25) is 0 Å². The highest BCUT2D eigenvalue weighted by Crippen LogP contribution is 2.50. The zero-order chi connectivity index (χ0) is 23.8. The summed E-state index contributed by atoms with van der Waals surface area (Å²) in [6.45, 7) is 4.54. The van der Waals surface area contributed by atoms with E-state index in [0.717, 1.165) is 43.2 Å². The molecular weight excluding hydrogens is 449 g/mol. The molecule has 4 aromatic rings. The number of anilines is 1. The number of rotatable bonds is 4. The van der Waals surface area contributed by atoms with Gasteiger partial charge in [0, 0.05) is 18.2 Å². The van der Waals surface area contributed by atoms with Gasteiger partial charge >= 0.3 is 0 Å². The zero-order valence-corrected chi connectivity index (χ0v) is 21.2. The third-order valence-corrected chi connectivity index (χ3v) is 9.49. The third kappa shape index (κ3) is 3.98. The van der Waals surface area contributed by atoms with Crippen LogP contribution in [0.15, 0.2) is 84.9 Å². The predicted molar refractivity (Wildman–Crippen MR) is 148 cm³/mol. The molecule has 2 aliphatic heterocycles. The molecule has 0 aliphatic carbocycles. The van der Waals surface area contributed by atoms with Crippen molar-refractivity contribution in [1.29, 1.82) is 0 Å². The van der Waals surface area contributed by atoms with Gasteiger partial charge in [-0.1, -0.05) is 78.9 Å². The van der Waals surface area contributed by atoms with Crippen molar-refractivity contribution < 1.29 is 9.47 Å². The molecular formula is C31H30NO2P. The molecule has 0 saturated heterocycles. The first-order chi connectivity index (χ1) is 17.2. The van der Waals surface area contributed by atoms with Crippen LogP contribution >= 0.6 is 7.92 Å². The maximum atomic E-state index is 6.50. The Labute approximate surface area is 209 Å². The van der Waals surface area contributed by atoms with Crippen molar-refractivity contribution >= 4 is 29.5 Å². The first-order valence-corrected chi connectivity index (χ1v) is 13.7. The van der Waals surface area contributed by atoms with Gasteiger partial charge in [0.1, 0.15) is 12.4 Å². The summed E-state index contributed by atoms with van der Waals surface area (Å²) in [5.41, 5.74) is 6.08. The summed E-state index contributed by atoms with van der Waals surface area (Å²) in [5.74, 6) is 2.03. The molecule has 176 valence electrons. The summed E-state index contributed by atoms with van der Waals surface area (Å²) in [4.78, 5) is 2.31. The van der Waals surface area contributed by atoms with Crippen LogP contribution in [0.4, 0.5) is 5.69 Å². The minimum Gasteiger partial charge on any atom is -0.493 e. The first-order valence-electron chi connectivity index (χ1n) is 12.4. The van der Waals surface area contributed by atoms with Crippen molar-refractivity contribution in [2.45, 2.75) is 19.8 Å². The monoisotopic (exact) mass is 479 g/mol. The van der Waals surface area contributed by atoms with Gasteiger partial charge < -0.3 is 14.4 Å². The molecule has 0 amide bonds. The number of aryl methyl sites for hydroxylation is 2. The Morgan fingerprint density at radius 1 is 0.714 bits per heavy atom. The molecule has 0 aromatic heterocycles. The Balaban J connectivity index is 1.69. The van der Waals surface area contributed by atoms with Gasteiger partial charge in [0.25, 0.3) is 0 Å². The third-order valence-electron chi connectivity index (χ3n) is 7.00. The molecule has 2 aliphatic rings. The molecule has 0 unspecified atom stereocenters. The molecule has 6 rings (SSSR count). The van der Waals surface area contributed by atoms with Gasteiger partial charge in [0.2, 0.25) is 0 Å². The lowest BCUT2D eigenvalue weighted by Crippen LogP contribution is -2.31. The highest BCUT2D eigenvalue weighted by atomic mass is 31.1. The molecule has 0 atom stereocenters. The molecule has 0 spiro atoms. The van der Waals surface area contributed by atoms with E-state index in [1.54, 1.807) is 0 Å². The van der Waals surface area contributed by atoms with E-state index in [2.05, 4.69) is 104 Å². The number of hydrogen-bond donors (Lipinski definition) is 0. The number of nitrogens with zero attached hydrogens (tertiary/aromatic N) is 1. The van der Waals surface area contributed by atoms with E-state index >= 15 is 0 Å². The molecule has 4 aromatic carbocycles. The van der Waals surface area contributed by atoms with Crippen LogP contribution in [0.1, 0.15) is 17.5 Å². The van der Waals surface area contributed by atoms with Crippen molar-refractivity contribution in [1.82, 2.24) is 0 Å². The molecule has 0 saturated carbocycles. The van der Waals surface area contributed by atoms with E-state index in [1.807, 2.05) is 0 Å². The standard InChI is InChI=1S/C31H30NO2P/c1-22-15-16-23-10-9-20-33-30(23)28(22)29-27(18-17-26-31(29)34-21-19-32(26)2)35(24-11-5-3-6-12-24)25-13-7-4-8-14-25/h3-8,11-18H,9-10,19-21H2,1-2H3. The Kier molecular flexibility index (Phi) is 5.96. The van der Waals surface area contributed by atoms with Gasteiger partial charge in [0.05, 0.1) is 18.8 Å². The Morgan fingerprint density at radius 3 is 2.11 bits per heavy atom. The highest BCUT2D eigenvalue weighted by Gasteiger charge is 2.31. The lowest BCUT2D eigenvalue weighted by molar-refractivity contribution is 0.288. The average molecular weight is 480 g/mol. The van der Waals surface area contributed by atoms with Gasteiger partial charge in [-0.15, -0.1) is 0 Å². The largest absolute Gasteiger partial charge is 0.493 e. The van der Waals surface area contributed by atoms with Gasteiger partial charge in [0.15, 0.2) is 5.75 Å². The second-order valence-corrected chi connectivity index (χ2v) is 11.5. The molecule has 0 N–H and O–H groups in total. The fraction of sp³-hybridized carbons (Fsp3) is 0.226. The molecule has 0 bridgehead atoms. The smallest absolute Gasteiger partial charge is 0.151 e. The fourth-order valence-electron chi connectivity index (χ4n) is 5.26. The summed E-state index contributed by atoms with van der Waals surface area (Å²) in [7, 11) is 1.36.